The van der Waals surface area contributed by atoms with E-state index in [0.29, 0.717) is 12.8 Å². The Balaban J connectivity index is 1.82. The molecule has 384 valence electrons. The van der Waals surface area contributed by atoms with Crippen molar-refractivity contribution >= 4 is 11.9 Å². The molecule has 0 saturated carbocycles. The van der Waals surface area contributed by atoms with Gasteiger partial charge in [-0.1, -0.05) is 134 Å². The SMILES string of the molecule is CCCCC/C=C/C/C=C/CCCCCCCCCC(=O)O[C@H](COC(=O)CCCCCCC/C=C/CCCCCC)CO[C@H]1O[C@@H](CO[C@H]2O[C@@H](CO)[C@@H](O)C(O)C2O)[C@@H](O)C(O)C1O. The highest BCUT2D eigenvalue weighted by molar-refractivity contribution is 5.70. The second-order valence-corrected chi connectivity index (χ2v) is 18.0. The summed E-state index contributed by atoms with van der Waals surface area (Å²) in [6.07, 6.45) is 23.1. The first kappa shape index (κ1) is 59.8. The minimum absolute atomic E-state index is 0.155. The van der Waals surface area contributed by atoms with Crippen LogP contribution in [0.3, 0.4) is 0 Å². The molecule has 0 spiro atoms. The van der Waals surface area contributed by atoms with Crippen molar-refractivity contribution < 1.29 is 73.8 Å². The van der Waals surface area contributed by atoms with Gasteiger partial charge in [-0.05, 0) is 70.6 Å². The van der Waals surface area contributed by atoms with E-state index in [1.165, 1.54) is 44.9 Å². The van der Waals surface area contributed by atoms with Crippen LogP contribution in [0.2, 0.25) is 0 Å². The first-order chi connectivity index (χ1) is 32.0. The molecule has 15 nitrogen and oxygen atoms in total. The molecule has 0 bridgehead atoms. The molecule has 0 aromatic rings. The van der Waals surface area contributed by atoms with Gasteiger partial charge in [0.15, 0.2) is 18.7 Å². The summed E-state index contributed by atoms with van der Waals surface area (Å²) in [4.78, 5) is 25.7. The van der Waals surface area contributed by atoms with E-state index in [4.69, 9.17) is 28.4 Å². The Bertz CT molecular complexity index is 1290. The fourth-order valence-corrected chi connectivity index (χ4v) is 7.83. The summed E-state index contributed by atoms with van der Waals surface area (Å²) < 4.78 is 33.5. The largest absolute Gasteiger partial charge is 0.462 e. The zero-order valence-corrected chi connectivity index (χ0v) is 40.4. The normalized spacial score (nSPS) is 26.4. The van der Waals surface area contributed by atoms with Crippen LogP contribution >= 0.6 is 0 Å². The summed E-state index contributed by atoms with van der Waals surface area (Å²) in [7, 11) is 0. The van der Waals surface area contributed by atoms with E-state index >= 15 is 0 Å². The van der Waals surface area contributed by atoms with Gasteiger partial charge < -0.3 is 64.2 Å². The minimum atomic E-state index is -1.77. The van der Waals surface area contributed by atoms with Crippen LogP contribution < -0.4 is 0 Å². The van der Waals surface area contributed by atoms with Gasteiger partial charge in [0.05, 0.1) is 19.8 Å². The standard InChI is InChI=1S/C51H90O15/c1-3-5-7-9-11-13-15-17-18-19-20-22-24-26-28-30-32-34-43(54)64-39(36-61-42(53)33-31-29-27-25-23-21-16-14-12-10-8-6-4-2)37-62-50-49(60)47(58)45(56)41(66-50)38-63-51-48(59)46(57)44(55)40(35-52)65-51/h11,13-14,16-18,39-41,44-52,55-60H,3-10,12,15,19-38H2,1-2H3/b13-11+,16-14+,18-17+/t39-,40+,41+,44-,45-,46?,47?,48?,49?,50+,51+/m1/s1. The lowest BCUT2D eigenvalue weighted by atomic mass is 9.98. The molecule has 0 aliphatic carbocycles. The van der Waals surface area contributed by atoms with E-state index in [0.717, 1.165) is 96.3 Å². The first-order valence-corrected chi connectivity index (χ1v) is 25.6. The lowest BCUT2D eigenvalue weighted by molar-refractivity contribution is -0.332. The smallest absolute Gasteiger partial charge is 0.306 e. The van der Waals surface area contributed by atoms with Crippen LogP contribution in [0.1, 0.15) is 181 Å². The number of rotatable bonds is 39. The maximum Gasteiger partial charge on any atom is 0.306 e. The number of aliphatic hydroxyl groups is 7. The Labute approximate surface area is 395 Å². The summed E-state index contributed by atoms with van der Waals surface area (Å²) in [6, 6.07) is 0. The van der Waals surface area contributed by atoms with Crippen LogP contribution in [0.15, 0.2) is 36.5 Å². The van der Waals surface area contributed by atoms with Gasteiger partial charge in [-0.25, -0.2) is 0 Å². The molecule has 0 aromatic heterocycles. The molecular weight excluding hydrogens is 853 g/mol. The van der Waals surface area contributed by atoms with Gasteiger partial charge in [0, 0.05) is 12.8 Å². The highest BCUT2D eigenvalue weighted by Crippen LogP contribution is 2.26. The Kier molecular flexibility index (Phi) is 35.0. The van der Waals surface area contributed by atoms with Gasteiger partial charge in [0.1, 0.15) is 55.4 Å². The van der Waals surface area contributed by atoms with Gasteiger partial charge in [-0.3, -0.25) is 9.59 Å². The number of carbonyl (C=O) groups excluding carboxylic acids is 2. The molecule has 11 atom stereocenters. The number of ether oxygens (including phenoxy) is 6. The zero-order chi connectivity index (χ0) is 48.2. The average Bonchev–Trinajstić information content (AvgIpc) is 3.31. The van der Waals surface area contributed by atoms with E-state index < -0.39 is 92.7 Å². The van der Waals surface area contributed by atoms with E-state index in [1.54, 1.807) is 0 Å². The summed E-state index contributed by atoms with van der Waals surface area (Å²) in [5.74, 6) is -0.943. The average molecular weight is 943 g/mol. The lowest BCUT2D eigenvalue weighted by Gasteiger charge is -2.42. The Hall–Kier alpha value is -2.28. The molecular formula is C51H90O15. The summed E-state index contributed by atoms with van der Waals surface area (Å²) >= 11 is 0. The molecule has 2 aliphatic rings. The van der Waals surface area contributed by atoms with Crippen LogP contribution in [-0.2, 0) is 38.0 Å². The first-order valence-electron chi connectivity index (χ1n) is 25.6. The van der Waals surface area contributed by atoms with Crippen molar-refractivity contribution in [2.24, 2.45) is 0 Å². The van der Waals surface area contributed by atoms with Gasteiger partial charge >= 0.3 is 11.9 Å². The monoisotopic (exact) mass is 943 g/mol. The molecule has 2 rings (SSSR count). The number of aliphatic hydroxyl groups excluding tert-OH is 7. The van der Waals surface area contributed by atoms with Crippen LogP contribution in [-0.4, -0.2) is 142 Å². The summed E-state index contributed by atoms with van der Waals surface area (Å²) in [5.41, 5.74) is 0. The fourth-order valence-electron chi connectivity index (χ4n) is 7.83. The van der Waals surface area contributed by atoms with Crippen molar-refractivity contribution in [1.82, 2.24) is 0 Å². The molecule has 2 saturated heterocycles. The second kappa shape index (κ2) is 38.6. The van der Waals surface area contributed by atoms with E-state index in [1.807, 2.05) is 0 Å². The molecule has 0 radical (unpaired) electrons. The van der Waals surface area contributed by atoms with Crippen molar-refractivity contribution in [3.8, 4) is 0 Å². The predicted molar refractivity (Wildman–Crippen MR) is 252 cm³/mol. The van der Waals surface area contributed by atoms with Gasteiger partial charge in [-0.15, -0.1) is 0 Å². The number of allylic oxidation sites excluding steroid dienone is 6. The molecule has 2 aliphatic heterocycles. The fraction of sp³-hybridized carbons (Fsp3) is 0.843. The van der Waals surface area contributed by atoms with Crippen LogP contribution in [0.4, 0.5) is 0 Å². The molecule has 66 heavy (non-hydrogen) atoms. The molecule has 2 fully saturated rings. The minimum Gasteiger partial charge on any atom is -0.462 e. The van der Waals surface area contributed by atoms with Crippen molar-refractivity contribution in [3.05, 3.63) is 36.5 Å². The quantitative estimate of drug-likeness (QED) is 0.0188. The maximum absolute atomic E-state index is 13.0. The topological polar surface area (TPSA) is 231 Å². The number of carbonyl (C=O) groups is 2. The number of hydrogen-bond donors (Lipinski definition) is 7. The third-order valence-electron chi connectivity index (χ3n) is 12.1. The number of esters is 2. The van der Waals surface area contributed by atoms with Crippen LogP contribution in [0.5, 0.6) is 0 Å². The molecule has 15 heteroatoms. The lowest BCUT2D eigenvalue weighted by Crippen LogP contribution is -2.61. The third kappa shape index (κ3) is 26.5. The summed E-state index contributed by atoms with van der Waals surface area (Å²) in [5, 5.41) is 72.0. The Morgan fingerprint density at radius 3 is 1.45 bits per heavy atom. The van der Waals surface area contributed by atoms with Crippen molar-refractivity contribution in [2.75, 3.05) is 26.4 Å². The summed E-state index contributed by atoms with van der Waals surface area (Å²) in [6.45, 7) is 2.53. The highest BCUT2D eigenvalue weighted by atomic mass is 16.7. The number of hydrogen-bond acceptors (Lipinski definition) is 15. The van der Waals surface area contributed by atoms with Crippen LogP contribution in [0.25, 0.3) is 0 Å². The predicted octanol–water partition coefficient (Wildman–Crippen LogP) is 6.93. The maximum atomic E-state index is 13.0. The van der Waals surface area contributed by atoms with Crippen LogP contribution in [0, 0.1) is 0 Å². The van der Waals surface area contributed by atoms with Gasteiger partial charge in [-0.2, -0.15) is 0 Å². The third-order valence-corrected chi connectivity index (χ3v) is 12.1. The van der Waals surface area contributed by atoms with E-state index in [9.17, 15) is 45.3 Å². The Morgan fingerprint density at radius 2 is 0.909 bits per heavy atom. The molecule has 4 unspecified atom stereocenters. The number of unbranched alkanes of at least 4 members (excludes halogenated alkanes) is 19. The second-order valence-electron chi connectivity index (χ2n) is 18.0. The van der Waals surface area contributed by atoms with Gasteiger partial charge in [0.2, 0.25) is 0 Å². The Morgan fingerprint density at radius 1 is 0.485 bits per heavy atom. The van der Waals surface area contributed by atoms with Crippen molar-refractivity contribution in [2.45, 2.75) is 248 Å². The highest BCUT2D eigenvalue weighted by Gasteiger charge is 2.47. The van der Waals surface area contributed by atoms with E-state index in [-0.39, 0.29) is 26.1 Å². The van der Waals surface area contributed by atoms with Crippen molar-refractivity contribution in [1.29, 1.82) is 0 Å². The molecule has 7 N–H and O–H groups in total. The van der Waals surface area contributed by atoms with E-state index in [2.05, 4.69) is 50.3 Å². The van der Waals surface area contributed by atoms with Gasteiger partial charge in [0.25, 0.3) is 0 Å². The molecule has 0 amide bonds. The molecule has 2 heterocycles. The molecule has 0 aromatic carbocycles. The van der Waals surface area contributed by atoms with Crippen molar-refractivity contribution in [3.63, 3.8) is 0 Å². The zero-order valence-electron chi connectivity index (χ0n) is 40.4.